The first kappa shape index (κ1) is 24.0. The summed E-state index contributed by atoms with van der Waals surface area (Å²) in [6.07, 6.45) is 5.10. The van der Waals surface area contributed by atoms with E-state index in [4.69, 9.17) is 4.74 Å². The smallest absolute Gasteiger partial charge is 0.249 e. The molecule has 2 amide bonds. The zero-order chi connectivity index (χ0) is 22.8. The molecule has 5 nitrogen and oxygen atoms in total. The minimum atomic E-state index is -0.115. The molecule has 5 heteroatoms. The van der Waals surface area contributed by atoms with Gasteiger partial charge in [0.2, 0.25) is 11.8 Å². The molecule has 1 atom stereocenters. The lowest BCUT2D eigenvalue weighted by Crippen LogP contribution is -2.47. The second kappa shape index (κ2) is 12.4. The van der Waals surface area contributed by atoms with Gasteiger partial charge in [0.15, 0.2) is 0 Å². The lowest BCUT2D eigenvalue weighted by atomic mass is 9.93. The van der Waals surface area contributed by atoms with E-state index in [1.54, 1.807) is 4.90 Å². The van der Waals surface area contributed by atoms with E-state index in [0.717, 1.165) is 37.7 Å². The summed E-state index contributed by atoms with van der Waals surface area (Å²) in [6, 6.07) is 18.2. The van der Waals surface area contributed by atoms with Gasteiger partial charge in [-0.3, -0.25) is 9.59 Å². The predicted molar refractivity (Wildman–Crippen MR) is 127 cm³/mol. The fraction of sp³-hybridized carbons (Fsp3) is 0.481. The number of unbranched alkanes of at least 4 members (excludes halogenated alkanes) is 3. The van der Waals surface area contributed by atoms with Crippen molar-refractivity contribution in [3.8, 4) is 0 Å². The van der Waals surface area contributed by atoms with Crippen LogP contribution in [0.5, 0.6) is 0 Å². The van der Waals surface area contributed by atoms with E-state index in [2.05, 4.69) is 32.0 Å². The minimum absolute atomic E-state index is 0.00562. The highest BCUT2D eigenvalue weighted by atomic mass is 16.5. The monoisotopic (exact) mass is 436 g/mol. The second-order valence-electron chi connectivity index (χ2n) is 8.57. The van der Waals surface area contributed by atoms with Gasteiger partial charge in [0, 0.05) is 13.1 Å². The number of ether oxygens (including phenoxy) is 1. The van der Waals surface area contributed by atoms with Crippen molar-refractivity contribution in [2.24, 2.45) is 0 Å². The maximum absolute atomic E-state index is 13.2. The van der Waals surface area contributed by atoms with Crippen LogP contribution in [0.3, 0.4) is 0 Å². The van der Waals surface area contributed by atoms with Crippen molar-refractivity contribution < 1.29 is 14.3 Å². The molecule has 3 rings (SSSR count). The van der Waals surface area contributed by atoms with Gasteiger partial charge in [0.05, 0.1) is 19.2 Å². The number of carbonyl (C=O) groups is 2. The molecule has 2 aromatic carbocycles. The molecular formula is C27H36N2O3. The molecule has 1 aliphatic rings. The third kappa shape index (κ3) is 6.67. The number of amides is 2. The van der Waals surface area contributed by atoms with Gasteiger partial charge < -0.3 is 14.5 Å². The van der Waals surface area contributed by atoms with E-state index in [-0.39, 0.29) is 31.0 Å². The van der Waals surface area contributed by atoms with Crippen LogP contribution in [-0.2, 0) is 27.4 Å². The molecule has 0 N–H and O–H groups in total. The number of nitrogens with zero attached hydrogens (tertiary/aromatic N) is 2. The molecule has 0 aromatic heterocycles. The molecule has 0 spiro atoms. The first-order valence-electron chi connectivity index (χ1n) is 11.9. The van der Waals surface area contributed by atoms with Crippen LogP contribution in [-0.4, -0.2) is 47.9 Å². The van der Waals surface area contributed by atoms with Gasteiger partial charge in [-0.05, 0) is 36.5 Å². The molecule has 0 radical (unpaired) electrons. The SMILES string of the molecule is CCCCCCN(CC(=O)N1CCc2ccccc2C1C)C(=O)COCc1ccccc1. The van der Waals surface area contributed by atoms with E-state index in [9.17, 15) is 9.59 Å². The number of hydrogen-bond acceptors (Lipinski definition) is 3. The zero-order valence-corrected chi connectivity index (χ0v) is 19.5. The average Bonchev–Trinajstić information content (AvgIpc) is 2.82. The van der Waals surface area contributed by atoms with Crippen molar-refractivity contribution in [2.45, 2.75) is 58.6 Å². The lowest BCUT2D eigenvalue weighted by Gasteiger charge is -2.36. The Labute approximate surface area is 192 Å². The third-order valence-electron chi connectivity index (χ3n) is 6.21. The Hall–Kier alpha value is -2.66. The van der Waals surface area contributed by atoms with Gasteiger partial charge in [0.1, 0.15) is 6.61 Å². The highest BCUT2D eigenvalue weighted by Crippen LogP contribution is 2.29. The molecule has 1 aliphatic heterocycles. The molecule has 0 aliphatic carbocycles. The first-order chi connectivity index (χ1) is 15.6. The molecule has 0 saturated carbocycles. The molecular weight excluding hydrogens is 400 g/mol. The van der Waals surface area contributed by atoms with Crippen molar-refractivity contribution in [1.29, 1.82) is 0 Å². The predicted octanol–water partition coefficient (Wildman–Crippen LogP) is 4.76. The number of hydrogen-bond donors (Lipinski definition) is 0. The van der Waals surface area contributed by atoms with E-state index in [0.29, 0.717) is 19.7 Å². The van der Waals surface area contributed by atoms with E-state index >= 15 is 0 Å². The van der Waals surface area contributed by atoms with Gasteiger partial charge >= 0.3 is 0 Å². The Kier molecular flexibility index (Phi) is 9.29. The average molecular weight is 437 g/mol. The van der Waals surface area contributed by atoms with Crippen LogP contribution in [0.2, 0.25) is 0 Å². The summed E-state index contributed by atoms with van der Waals surface area (Å²) in [5, 5.41) is 0. The summed E-state index contributed by atoms with van der Waals surface area (Å²) in [5.74, 6) is -0.102. The maximum atomic E-state index is 13.2. The number of rotatable bonds is 11. The normalized spacial score (nSPS) is 15.3. The standard InChI is InChI=1S/C27H36N2O3/c1-3-4-5-11-17-28(27(31)21-32-20-23-12-7-6-8-13-23)19-26(30)29-18-16-24-14-9-10-15-25(24)22(29)2/h6-10,12-15,22H,3-5,11,16-21H2,1-2H3. The van der Waals surface area contributed by atoms with Crippen LogP contribution < -0.4 is 0 Å². The molecule has 2 aromatic rings. The van der Waals surface area contributed by atoms with Gasteiger partial charge in [0.25, 0.3) is 0 Å². The Balaban J connectivity index is 1.58. The fourth-order valence-electron chi connectivity index (χ4n) is 4.31. The van der Waals surface area contributed by atoms with Gasteiger partial charge in [-0.2, -0.15) is 0 Å². The first-order valence-corrected chi connectivity index (χ1v) is 11.9. The molecule has 0 bridgehead atoms. The molecule has 0 saturated heterocycles. The van der Waals surface area contributed by atoms with E-state index in [1.807, 2.05) is 41.3 Å². The lowest BCUT2D eigenvalue weighted by molar-refractivity contribution is -0.144. The topological polar surface area (TPSA) is 49.9 Å². The molecule has 32 heavy (non-hydrogen) atoms. The van der Waals surface area contributed by atoms with Crippen molar-refractivity contribution in [1.82, 2.24) is 9.80 Å². The van der Waals surface area contributed by atoms with Crippen LogP contribution in [0.15, 0.2) is 54.6 Å². The Bertz CT molecular complexity index is 868. The van der Waals surface area contributed by atoms with Crippen molar-refractivity contribution >= 4 is 11.8 Å². The van der Waals surface area contributed by atoms with Crippen LogP contribution in [0, 0.1) is 0 Å². The van der Waals surface area contributed by atoms with Crippen molar-refractivity contribution in [2.75, 3.05) is 26.2 Å². The summed E-state index contributed by atoms with van der Waals surface area (Å²) < 4.78 is 5.67. The molecule has 1 heterocycles. The second-order valence-corrected chi connectivity index (χ2v) is 8.57. The summed E-state index contributed by atoms with van der Waals surface area (Å²) in [7, 11) is 0. The molecule has 1 unspecified atom stereocenters. The summed E-state index contributed by atoms with van der Waals surface area (Å²) in [5.41, 5.74) is 3.55. The quantitative estimate of drug-likeness (QED) is 0.477. The Morgan fingerprint density at radius 3 is 2.56 bits per heavy atom. The van der Waals surface area contributed by atoms with Crippen LogP contribution in [0.1, 0.15) is 62.3 Å². The zero-order valence-electron chi connectivity index (χ0n) is 19.5. The van der Waals surface area contributed by atoms with Crippen LogP contribution in [0.4, 0.5) is 0 Å². The number of benzene rings is 2. The van der Waals surface area contributed by atoms with Crippen molar-refractivity contribution in [3.05, 3.63) is 71.3 Å². The largest absolute Gasteiger partial charge is 0.367 e. The maximum Gasteiger partial charge on any atom is 0.249 e. The summed E-state index contributed by atoms with van der Waals surface area (Å²) in [6.45, 7) is 6.04. The van der Waals surface area contributed by atoms with Crippen molar-refractivity contribution in [3.63, 3.8) is 0 Å². The Morgan fingerprint density at radius 1 is 1.03 bits per heavy atom. The summed E-state index contributed by atoms with van der Waals surface area (Å²) in [4.78, 5) is 29.7. The Morgan fingerprint density at radius 2 is 1.78 bits per heavy atom. The van der Waals surface area contributed by atoms with E-state index < -0.39 is 0 Å². The fourth-order valence-corrected chi connectivity index (χ4v) is 4.31. The molecule has 0 fully saturated rings. The van der Waals surface area contributed by atoms with Gasteiger partial charge in [-0.1, -0.05) is 80.8 Å². The number of fused-ring (bicyclic) bond motifs is 1. The van der Waals surface area contributed by atoms with E-state index in [1.165, 1.54) is 11.1 Å². The number of carbonyl (C=O) groups excluding carboxylic acids is 2. The minimum Gasteiger partial charge on any atom is -0.367 e. The summed E-state index contributed by atoms with van der Waals surface area (Å²) >= 11 is 0. The highest BCUT2D eigenvalue weighted by molar-refractivity contribution is 5.85. The van der Waals surface area contributed by atoms with Gasteiger partial charge in [-0.15, -0.1) is 0 Å². The van der Waals surface area contributed by atoms with Crippen LogP contribution >= 0.6 is 0 Å². The van der Waals surface area contributed by atoms with Gasteiger partial charge in [-0.25, -0.2) is 0 Å². The third-order valence-corrected chi connectivity index (χ3v) is 6.21. The molecule has 172 valence electrons. The highest BCUT2D eigenvalue weighted by Gasteiger charge is 2.29. The van der Waals surface area contributed by atoms with Crippen LogP contribution in [0.25, 0.3) is 0 Å².